The monoisotopic (exact) mass is 344 g/mol. The van der Waals surface area contributed by atoms with Gasteiger partial charge in [0.2, 0.25) is 0 Å². The van der Waals surface area contributed by atoms with Crippen molar-refractivity contribution in [1.82, 2.24) is 0 Å². The Bertz CT molecular complexity index is 211. The van der Waals surface area contributed by atoms with E-state index in [0.29, 0.717) is 0 Å². The molecule has 0 unspecified atom stereocenters. The van der Waals surface area contributed by atoms with Crippen LogP contribution in [-0.2, 0) is 0 Å². The zero-order valence-electron chi connectivity index (χ0n) is 4.31. The Kier molecular flexibility index (Phi) is 2.87. The summed E-state index contributed by atoms with van der Waals surface area (Å²) in [5.74, 6) is 2.73. The fourth-order valence-electron chi connectivity index (χ4n) is 0.328. The van der Waals surface area contributed by atoms with E-state index < -0.39 is 0 Å². The van der Waals surface area contributed by atoms with E-state index in [2.05, 4.69) is 38.4 Å². The molecule has 0 atom stereocenters. The summed E-state index contributed by atoms with van der Waals surface area (Å²) in [7, 11) is 0. The van der Waals surface area contributed by atoms with Gasteiger partial charge in [0.15, 0.2) is 3.84 Å². The molecule has 0 saturated carbocycles. The van der Waals surface area contributed by atoms with Crippen molar-refractivity contribution in [1.29, 1.82) is 0 Å². The predicted octanol–water partition coefficient (Wildman–Crippen LogP) is 2.29. The average Bonchev–Trinajstić information content (AvgIpc) is 1.97. The first-order valence-electron chi connectivity index (χ1n) is 2.17. The summed E-state index contributed by atoms with van der Waals surface area (Å²) in [4.78, 5) is 7.83. The van der Waals surface area contributed by atoms with Crippen molar-refractivity contribution in [3.63, 3.8) is 0 Å². The number of amidine groups is 1. The summed E-state index contributed by atoms with van der Waals surface area (Å²) >= 11 is 4.21. The van der Waals surface area contributed by atoms with E-state index in [9.17, 15) is 0 Å². The summed E-state index contributed by atoms with van der Waals surface area (Å²) in [5, 5.41) is 0. The third-order valence-corrected chi connectivity index (χ3v) is 1.76. The molecule has 1 aliphatic heterocycles. The Labute approximate surface area is 80.1 Å². The second-order valence-corrected chi connectivity index (χ2v) is 3.51. The van der Waals surface area contributed by atoms with Crippen LogP contribution in [0, 0.1) is 0 Å². The zero-order chi connectivity index (χ0) is 6.69. The molecule has 0 N–H and O–H groups in total. The summed E-state index contributed by atoms with van der Waals surface area (Å²) in [6.45, 7) is 0. The lowest BCUT2D eigenvalue weighted by molar-refractivity contribution is 1.56. The predicted molar refractivity (Wildman–Crippen MR) is 55.6 cm³/mol. The van der Waals surface area contributed by atoms with Crippen LogP contribution in [0.2, 0.25) is 0 Å². The summed E-state index contributed by atoms with van der Waals surface area (Å²) in [6.07, 6.45) is 3.54. The SMILES string of the molecule is IC1=CN=C(I)N=C=C1. The average molecular weight is 344 g/mol. The minimum atomic E-state index is 0.718. The molecule has 9 heavy (non-hydrogen) atoms. The van der Waals surface area contributed by atoms with E-state index >= 15 is 0 Å². The van der Waals surface area contributed by atoms with E-state index in [0.717, 1.165) is 7.42 Å². The first-order valence-corrected chi connectivity index (χ1v) is 4.33. The van der Waals surface area contributed by atoms with Crippen LogP contribution < -0.4 is 0 Å². The maximum Gasteiger partial charge on any atom is 0.199 e. The van der Waals surface area contributed by atoms with Gasteiger partial charge in [-0.2, -0.15) is 4.99 Å². The Balaban J connectivity index is 3.00. The standard InChI is InChI=1S/C5H2I2N2/c6-4-1-2-8-5(7)9-3-4/h1,3H. The van der Waals surface area contributed by atoms with E-state index in [1.54, 1.807) is 12.3 Å². The van der Waals surface area contributed by atoms with Gasteiger partial charge in [-0.1, -0.05) is 0 Å². The van der Waals surface area contributed by atoms with Crippen LogP contribution in [0.5, 0.6) is 0 Å². The van der Waals surface area contributed by atoms with Crippen LogP contribution in [-0.4, -0.2) is 9.71 Å². The van der Waals surface area contributed by atoms with Crippen LogP contribution in [0.3, 0.4) is 0 Å². The number of hydrogen-bond donors (Lipinski definition) is 0. The molecule has 1 rings (SSSR count). The van der Waals surface area contributed by atoms with Crippen LogP contribution in [0.15, 0.2) is 25.8 Å². The maximum absolute atomic E-state index is 3.98. The van der Waals surface area contributed by atoms with Gasteiger partial charge in [-0.3, -0.25) is 0 Å². The molecule has 0 amide bonds. The van der Waals surface area contributed by atoms with E-state index in [1.165, 1.54) is 0 Å². The van der Waals surface area contributed by atoms with Crippen molar-refractivity contribution in [2.75, 3.05) is 0 Å². The van der Waals surface area contributed by atoms with Gasteiger partial charge in [0, 0.05) is 38.4 Å². The highest BCUT2D eigenvalue weighted by Crippen LogP contribution is 2.08. The van der Waals surface area contributed by atoms with Crippen molar-refractivity contribution >= 4 is 54.9 Å². The Morgan fingerprint density at radius 1 is 1.44 bits per heavy atom. The highest BCUT2D eigenvalue weighted by molar-refractivity contribution is 14.1. The number of rotatable bonds is 0. The molecule has 0 aromatic carbocycles. The van der Waals surface area contributed by atoms with E-state index in [4.69, 9.17) is 0 Å². The van der Waals surface area contributed by atoms with Gasteiger partial charge in [0.05, 0.1) is 0 Å². The van der Waals surface area contributed by atoms with Crippen molar-refractivity contribution in [2.24, 2.45) is 9.98 Å². The van der Waals surface area contributed by atoms with Gasteiger partial charge in [-0.25, -0.2) is 4.99 Å². The van der Waals surface area contributed by atoms with E-state index in [1.807, 2.05) is 22.6 Å². The Morgan fingerprint density at radius 2 is 2.22 bits per heavy atom. The molecule has 0 aromatic heterocycles. The van der Waals surface area contributed by atoms with Gasteiger partial charge < -0.3 is 0 Å². The minimum absolute atomic E-state index is 0.718. The number of aliphatic imine (C=N–C) groups is 2. The van der Waals surface area contributed by atoms with Crippen LogP contribution in [0.4, 0.5) is 0 Å². The van der Waals surface area contributed by atoms with E-state index in [-0.39, 0.29) is 0 Å². The lowest BCUT2D eigenvalue weighted by Gasteiger charge is -1.78. The van der Waals surface area contributed by atoms with Gasteiger partial charge in [-0.15, -0.1) is 0 Å². The third kappa shape index (κ3) is 2.59. The fraction of sp³-hybridized carbons (Fsp3) is 0. The lowest BCUT2D eigenvalue weighted by Crippen LogP contribution is -1.71. The molecule has 0 fully saturated rings. The molecule has 46 valence electrons. The van der Waals surface area contributed by atoms with Crippen molar-refractivity contribution in [3.8, 4) is 0 Å². The number of nitrogens with zero attached hydrogens (tertiary/aromatic N) is 2. The summed E-state index contributed by atoms with van der Waals surface area (Å²) < 4.78 is 1.76. The highest BCUT2D eigenvalue weighted by Gasteiger charge is 1.88. The molecule has 1 aliphatic rings. The molecule has 0 radical (unpaired) electrons. The van der Waals surface area contributed by atoms with Crippen LogP contribution in [0.1, 0.15) is 0 Å². The number of hydrogen-bond acceptors (Lipinski definition) is 2. The van der Waals surface area contributed by atoms with Gasteiger partial charge in [0.25, 0.3) is 0 Å². The molecule has 0 bridgehead atoms. The number of halogens is 2. The smallest absolute Gasteiger partial charge is 0.199 e. The molecule has 0 aromatic rings. The second-order valence-electron chi connectivity index (χ2n) is 1.30. The van der Waals surface area contributed by atoms with Gasteiger partial charge >= 0.3 is 0 Å². The molecule has 1 heterocycles. The van der Waals surface area contributed by atoms with Gasteiger partial charge in [0.1, 0.15) is 0 Å². The summed E-state index contributed by atoms with van der Waals surface area (Å²) in [6, 6.07) is 0. The van der Waals surface area contributed by atoms with Crippen molar-refractivity contribution in [2.45, 2.75) is 0 Å². The Morgan fingerprint density at radius 3 is 3.00 bits per heavy atom. The fourth-order valence-corrected chi connectivity index (χ4v) is 0.885. The Hall–Kier alpha value is 0.320. The van der Waals surface area contributed by atoms with Gasteiger partial charge in [-0.05, 0) is 28.5 Å². The molecular formula is C5H2I2N2. The van der Waals surface area contributed by atoms with Crippen molar-refractivity contribution in [3.05, 3.63) is 15.9 Å². The van der Waals surface area contributed by atoms with Crippen LogP contribution >= 0.6 is 45.2 Å². The first-order chi connectivity index (χ1) is 4.29. The molecule has 0 saturated heterocycles. The molecule has 4 heteroatoms. The lowest BCUT2D eigenvalue weighted by atomic mass is 10.6. The quantitative estimate of drug-likeness (QED) is 0.476. The third-order valence-electron chi connectivity index (χ3n) is 0.654. The van der Waals surface area contributed by atoms with Crippen LogP contribution in [0.25, 0.3) is 0 Å². The highest BCUT2D eigenvalue weighted by atomic mass is 127. The largest absolute Gasteiger partial charge is 0.230 e. The molecule has 2 nitrogen and oxygen atoms in total. The first kappa shape index (κ1) is 7.43. The maximum atomic E-state index is 3.98. The second kappa shape index (κ2) is 3.48. The van der Waals surface area contributed by atoms with Crippen molar-refractivity contribution < 1.29 is 0 Å². The molecular weight excluding hydrogens is 342 g/mol. The molecule has 0 aliphatic carbocycles. The summed E-state index contributed by atoms with van der Waals surface area (Å²) in [5.41, 5.74) is 0. The minimum Gasteiger partial charge on any atom is -0.230 e. The zero-order valence-corrected chi connectivity index (χ0v) is 8.62. The normalized spacial score (nSPS) is 16.7. The topological polar surface area (TPSA) is 24.7 Å². The number of allylic oxidation sites excluding steroid dienone is 2. The molecule has 0 spiro atoms.